The van der Waals surface area contributed by atoms with Crippen LogP contribution >= 0.6 is 0 Å². The van der Waals surface area contributed by atoms with Gasteiger partial charge in [-0.15, -0.1) is 0 Å². The fourth-order valence-corrected chi connectivity index (χ4v) is 2.90. The van der Waals surface area contributed by atoms with Crippen LogP contribution in [0.25, 0.3) is 0 Å². The zero-order chi connectivity index (χ0) is 15.4. The molecule has 0 radical (unpaired) electrons. The molecule has 0 aromatic heterocycles. The van der Waals surface area contributed by atoms with Crippen molar-refractivity contribution in [2.45, 2.75) is 26.4 Å². The Hall–Kier alpha value is -1.04. The molecule has 0 spiro atoms. The van der Waals surface area contributed by atoms with Crippen LogP contribution in [0.5, 0.6) is 0 Å². The lowest BCUT2D eigenvalue weighted by molar-refractivity contribution is 0.0384. The van der Waals surface area contributed by atoms with E-state index < -0.39 is 12.5 Å². The maximum absolute atomic E-state index is 12.3. The van der Waals surface area contributed by atoms with Gasteiger partial charge in [-0.05, 0) is 19.4 Å². The number of aliphatic hydroxyl groups excluding tert-OH is 1. The first-order valence-corrected chi connectivity index (χ1v) is 7.43. The lowest BCUT2D eigenvalue weighted by atomic mass is 10.0. The molecule has 118 valence electrons. The second kappa shape index (κ2) is 7.29. The third kappa shape index (κ3) is 5.02. The second-order valence-electron chi connectivity index (χ2n) is 5.93. The molecule has 0 bridgehead atoms. The Morgan fingerprint density at radius 1 is 0.952 bits per heavy atom. The summed E-state index contributed by atoms with van der Waals surface area (Å²) in [6.07, 6.45) is -2.79. The number of rotatable bonds is 5. The highest BCUT2D eigenvalue weighted by Gasteiger charge is 2.21. The molecule has 1 aliphatic rings. The number of aliphatic hydroxyl groups is 1. The molecule has 1 saturated heterocycles. The van der Waals surface area contributed by atoms with Crippen LogP contribution in [0.2, 0.25) is 0 Å². The van der Waals surface area contributed by atoms with E-state index in [1.165, 1.54) is 0 Å². The number of aryl methyl sites for hydroxylation is 2. The predicted octanol–water partition coefficient (Wildman–Crippen LogP) is 2.22. The Morgan fingerprint density at radius 3 is 1.90 bits per heavy atom. The minimum Gasteiger partial charge on any atom is -0.387 e. The van der Waals surface area contributed by atoms with Crippen LogP contribution in [0.4, 0.5) is 8.78 Å². The molecule has 1 atom stereocenters. The summed E-state index contributed by atoms with van der Waals surface area (Å²) in [5.74, 6) is 0. The largest absolute Gasteiger partial charge is 0.387 e. The molecule has 2 rings (SSSR count). The fourth-order valence-electron chi connectivity index (χ4n) is 2.90. The van der Waals surface area contributed by atoms with Gasteiger partial charge in [0.25, 0.3) is 6.43 Å². The maximum atomic E-state index is 12.3. The molecule has 21 heavy (non-hydrogen) atoms. The average Bonchev–Trinajstić information content (AvgIpc) is 2.39. The number of hydrogen-bond acceptors (Lipinski definition) is 3. The summed E-state index contributed by atoms with van der Waals surface area (Å²) in [4.78, 5) is 3.93. The lowest BCUT2D eigenvalue weighted by Gasteiger charge is -2.35. The molecule has 0 saturated carbocycles. The molecule has 5 heteroatoms. The summed E-state index contributed by atoms with van der Waals surface area (Å²) < 4.78 is 24.7. The topological polar surface area (TPSA) is 26.7 Å². The van der Waals surface area contributed by atoms with Gasteiger partial charge in [0.05, 0.1) is 12.6 Å². The SMILES string of the molecule is Cc1cc(C)cc(C(O)CN2CCN(CC(F)F)CC2)c1. The Labute approximate surface area is 125 Å². The molecule has 1 fully saturated rings. The minimum atomic E-state index is -2.27. The molecule has 0 aliphatic carbocycles. The van der Waals surface area contributed by atoms with E-state index in [0.717, 1.165) is 29.8 Å². The van der Waals surface area contributed by atoms with Crippen molar-refractivity contribution in [3.05, 3.63) is 34.9 Å². The van der Waals surface area contributed by atoms with Gasteiger partial charge in [-0.25, -0.2) is 8.78 Å². The Balaban J connectivity index is 1.85. The summed E-state index contributed by atoms with van der Waals surface area (Å²) in [5.41, 5.74) is 3.22. The third-order valence-corrected chi connectivity index (χ3v) is 3.92. The first-order chi connectivity index (χ1) is 9.94. The fraction of sp³-hybridized carbons (Fsp3) is 0.625. The molecule has 1 aromatic carbocycles. The second-order valence-corrected chi connectivity index (χ2v) is 5.93. The standard InChI is InChI=1S/C16H24F2N2O/c1-12-7-13(2)9-14(8-12)15(21)10-19-3-5-20(6-4-19)11-16(17)18/h7-9,15-16,21H,3-6,10-11H2,1-2H3. The van der Waals surface area contributed by atoms with Crippen molar-refractivity contribution in [2.75, 3.05) is 39.3 Å². The van der Waals surface area contributed by atoms with Gasteiger partial charge in [-0.2, -0.15) is 0 Å². The Morgan fingerprint density at radius 2 is 1.43 bits per heavy atom. The summed E-state index contributed by atoms with van der Waals surface area (Å²) in [6.45, 7) is 7.20. The van der Waals surface area contributed by atoms with Crippen LogP contribution in [0.15, 0.2) is 18.2 Å². The van der Waals surface area contributed by atoms with Crippen LogP contribution in [-0.2, 0) is 0 Å². The molecular weight excluding hydrogens is 274 g/mol. The van der Waals surface area contributed by atoms with Crippen molar-refractivity contribution in [1.29, 1.82) is 0 Å². The normalized spacial score (nSPS) is 19.1. The first-order valence-electron chi connectivity index (χ1n) is 7.43. The number of piperazine rings is 1. The molecule has 1 unspecified atom stereocenters. The quantitative estimate of drug-likeness (QED) is 0.903. The monoisotopic (exact) mass is 298 g/mol. The van der Waals surface area contributed by atoms with Crippen LogP contribution in [-0.4, -0.2) is 60.6 Å². The number of nitrogens with zero attached hydrogens (tertiary/aromatic N) is 2. The highest BCUT2D eigenvalue weighted by atomic mass is 19.3. The Bertz CT molecular complexity index is 439. The predicted molar refractivity (Wildman–Crippen MR) is 79.8 cm³/mol. The smallest absolute Gasteiger partial charge is 0.251 e. The van der Waals surface area contributed by atoms with Crippen molar-refractivity contribution >= 4 is 0 Å². The zero-order valence-electron chi connectivity index (χ0n) is 12.7. The molecule has 1 aliphatic heterocycles. The first kappa shape index (κ1) is 16.3. The lowest BCUT2D eigenvalue weighted by Crippen LogP contribution is -2.48. The molecule has 0 amide bonds. The molecule has 1 aromatic rings. The number of alkyl halides is 2. The Kier molecular flexibility index (Phi) is 5.67. The minimum absolute atomic E-state index is 0.145. The van der Waals surface area contributed by atoms with Crippen molar-refractivity contribution in [1.82, 2.24) is 9.80 Å². The summed E-state index contributed by atoms with van der Waals surface area (Å²) in [6, 6.07) is 6.09. The zero-order valence-corrected chi connectivity index (χ0v) is 12.7. The van der Waals surface area contributed by atoms with Crippen molar-refractivity contribution in [3.63, 3.8) is 0 Å². The molecule has 3 nitrogen and oxygen atoms in total. The molecule has 1 heterocycles. The highest BCUT2D eigenvalue weighted by Crippen LogP contribution is 2.19. The van der Waals surface area contributed by atoms with E-state index in [1.807, 2.05) is 26.0 Å². The van der Waals surface area contributed by atoms with E-state index in [-0.39, 0.29) is 6.54 Å². The summed E-state index contributed by atoms with van der Waals surface area (Å²) in [7, 11) is 0. The van der Waals surface area contributed by atoms with E-state index in [2.05, 4.69) is 11.0 Å². The van der Waals surface area contributed by atoms with Gasteiger partial charge < -0.3 is 5.11 Å². The van der Waals surface area contributed by atoms with Gasteiger partial charge in [0, 0.05) is 32.7 Å². The van der Waals surface area contributed by atoms with E-state index in [1.54, 1.807) is 4.90 Å². The van der Waals surface area contributed by atoms with E-state index in [4.69, 9.17) is 0 Å². The van der Waals surface area contributed by atoms with Crippen LogP contribution in [0.3, 0.4) is 0 Å². The highest BCUT2D eigenvalue weighted by molar-refractivity contribution is 5.30. The van der Waals surface area contributed by atoms with E-state index in [0.29, 0.717) is 19.6 Å². The molecule has 1 N–H and O–H groups in total. The van der Waals surface area contributed by atoms with Crippen molar-refractivity contribution in [2.24, 2.45) is 0 Å². The van der Waals surface area contributed by atoms with Crippen LogP contribution in [0, 0.1) is 13.8 Å². The van der Waals surface area contributed by atoms with E-state index >= 15 is 0 Å². The van der Waals surface area contributed by atoms with E-state index in [9.17, 15) is 13.9 Å². The van der Waals surface area contributed by atoms with Gasteiger partial charge in [-0.3, -0.25) is 9.80 Å². The summed E-state index contributed by atoms with van der Waals surface area (Å²) >= 11 is 0. The number of hydrogen-bond donors (Lipinski definition) is 1. The van der Waals surface area contributed by atoms with Gasteiger partial charge >= 0.3 is 0 Å². The third-order valence-electron chi connectivity index (χ3n) is 3.92. The summed E-state index contributed by atoms with van der Waals surface area (Å²) in [5, 5.41) is 10.4. The van der Waals surface area contributed by atoms with Gasteiger partial charge in [-0.1, -0.05) is 29.3 Å². The number of β-amino-alcohol motifs (C(OH)–C–C–N with tert-alkyl or cyclic N) is 1. The van der Waals surface area contributed by atoms with Gasteiger partial charge in [0.15, 0.2) is 0 Å². The average molecular weight is 298 g/mol. The van der Waals surface area contributed by atoms with Crippen molar-refractivity contribution in [3.8, 4) is 0 Å². The number of halogens is 2. The van der Waals surface area contributed by atoms with Crippen LogP contribution in [0.1, 0.15) is 22.8 Å². The van der Waals surface area contributed by atoms with Crippen molar-refractivity contribution < 1.29 is 13.9 Å². The maximum Gasteiger partial charge on any atom is 0.251 e. The van der Waals surface area contributed by atoms with Crippen LogP contribution < -0.4 is 0 Å². The van der Waals surface area contributed by atoms with Gasteiger partial charge in [0.2, 0.25) is 0 Å². The molecular formula is C16H24F2N2O. The number of benzene rings is 1. The van der Waals surface area contributed by atoms with Gasteiger partial charge in [0.1, 0.15) is 0 Å².